The zero-order valence-electron chi connectivity index (χ0n) is 8.47. The number of carbonyl (C=O) groups is 1. The molecule has 74 valence electrons. The number of fused-ring (bicyclic) bond motifs is 1. The fourth-order valence-electron chi connectivity index (χ4n) is 1.96. The molecule has 0 spiro atoms. The molecule has 2 rings (SSSR count). The van der Waals surface area contributed by atoms with Gasteiger partial charge < -0.3 is 5.32 Å². The molecule has 0 saturated heterocycles. The molecule has 2 heteroatoms. The summed E-state index contributed by atoms with van der Waals surface area (Å²) in [5.74, 6) is 0.157. The molecule has 0 fully saturated rings. The van der Waals surface area contributed by atoms with Crippen molar-refractivity contribution in [3.05, 3.63) is 29.3 Å². The van der Waals surface area contributed by atoms with Crippen LogP contribution in [0.2, 0.25) is 0 Å². The number of anilines is 1. The lowest BCUT2D eigenvalue weighted by Gasteiger charge is -2.11. The van der Waals surface area contributed by atoms with E-state index in [-0.39, 0.29) is 5.91 Å². The second kappa shape index (κ2) is 3.82. The summed E-state index contributed by atoms with van der Waals surface area (Å²) >= 11 is 0. The van der Waals surface area contributed by atoms with Crippen molar-refractivity contribution in [3.63, 3.8) is 0 Å². The highest BCUT2D eigenvalue weighted by Gasteiger charge is 2.14. The van der Waals surface area contributed by atoms with Gasteiger partial charge >= 0.3 is 0 Å². The standard InChI is InChI=1S/C12H15NO/c1-2-9-5-3-6-10-7-4-8-11(14)13-12(9)10/h3,5-6H,2,4,7-8H2,1H3,(H,13,14). The zero-order chi connectivity index (χ0) is 9.97. The molecular formula is C12H15NO. The summed E-state index contributed by atoms with van der Waals surface area (Å²) < 4.78 is 0. The van der Waals surface area contributed by atoms with Crippen LogP contribution in [0.15, 0.2) is 18.2 Å². The van der Waals surface area contributed by atoms with E-state index in [2.05, 4.69) is 30.4 Å². The minimum absolute atomic E-state index is 0.157. The molecule has 2 nitrogen and oxygen atoms in total. The fourth-order valence-corrected chi connectivity index (χ4v) is 1.96. The predicted octanol–water partition coefficient (Wildman–Crippen LogP) is 2.52. The summed E-state index contributed by atoms with van der Waals surface area (Å²) in [6, 6.07) is 6.28. The van der Waals surface area contributed by atoms with E-state index >= 15 is 0 Å². The van der Waals surface area contributed by atoms with Gasteiger partial charge in [-0.1, -0.05) is 25.1 Å². The normalized spacial score (nSPS) is 15.6. The molecule has 1 N–H and O–H groups in total. The molecule has 0 atom stereocenters. The second-order valence-electron chi connectivity index (χ2n) is 3.71. The van der Waals surface area contributed by atoms with Crippen LogP contribution in [0.1, 0.15) is 30.9 Å². The van der Waals surface area contributed by atoms with Crippen molar-refractivity contribution in [3.8, 4) is 0 Å². The molecule has 1 aromatic carbocycles. The van der Waals surface area contributed by atoms with Crippen molar-refractivity contribution in [2.45, 2.75) is 32.6 Å². The Balaban J connectivity index is 2.45. The summed E-state index contributed by atoms with van der Waals surface area (Å²) in [7, 11) is 0. The molecule has 1 heterocycles. The van der Waals surface area contributed by atoms with Crippen molar-refractivity contribution in [1.29, 1.82) is 0 Å². The van der Waals surface area contributed by atoms with Crippen LogP contribution < -0.4 is 5.32 Å². The van der Waals surface area contributed by atoms with E-state index < -0.39 is 0 Å². The molecule has 1 aliphatic rings. The Morgan fingerprint density at radius 2 is 2.21 bits per heavy atom. The summed E-state index contributed by atoms with van der Waals surface area (Å²) in [4.78, 5) is 11.4. The summed E-state index contributed by atoms with van der Waals surface area (Å²) in [6.07, 6.45) is 3.61. The van der Waals surface area contributed by atoms with E-state index in [0.717, 1.165) is 24.9 Å². The minimum atomic E-state index is 0.157. The van der Waals surface area contributed by atoms with Crippen molar-refractivity contribution >= 4 is 11.6 Å². The topological polar surface area (TPSA) is 29.1 Å². The molecular weight excluding hydrogens is 174 g/mol. The SMILES string of the molecule is CCc1cccc2c1NC(=O)CCC2. The Morgan fingerprint density at radius 1 is 1.36 bits per heavy atom. The number of para-hydroxylation sites is 1. The highest BCUT2D eigenvalue weighted by atomic mass is 16.1. The Kier molecular flexibility index (Phi) is 2.53. The van der Waals surface area contributed by atoms with E-state index in [1.165, 1.54) is 11.1 Å². The Hall–Kier alpha value is -1.31. The summed E-state index contributed by atoms with van der Waals surface area (Å²) in [6.45, 7) is 2.12. The van der Waals surface area contributed by atoms with Crippen LogP contribution in [0.3, 0.4) is 0 Å². The van der Waals surface area contributed by atoms with E-state index in [4.69, 9.17) is 0 Å². The number of rotatable bonds is 1. The molecule has 14 heavy (non-hydrogen) atoms. The third kappa shape index (κ3) is 1.65. The zero-order valence-corrected chi connectivity index (χ0v) is 8.47. The first-order chi connectivity index (χ1) is 6.81. The van der Waals surface area contributed by atoms with Gasteiger partial charge in [0.05, 0.1) is 0 Å². The van der Waals surface area contributed by atoms with Gasteiger partial charge in [-0.25, -0.2) is 0 Å². The van der Waals surface area contributed by atoms with Crippen LogP contribution in [0.5, 0.6) is 0 Å². The maximum atomic E-state index is 11.4. The van der Waals surface area contributed by atoms with Crippen LogP contribution in [-0.4, -0.2) is 5.91 Å². The molecule has 1 aliphatic heterocycles. The summed E-state index contributed by atoms with van der Waals surface area (Å²) in [5.41, 5.74) is 3.60. The number of hydrogen-bond acceptors (Lipinski definition) is 1. The molecule has 0 bridgehead atoms. The van der Waals surface area contributed by atoms with Crippen LogP contribution >= 0.6 is 0 Å². The third-order valence-corrected chi connectivity index (χ3v) is 2.73. The van der Waals surface area contributed by atoms with Gasteiger partial charge in [0, 0.05) is 12.1 Å². The maximum Gasteiger partial charge on any atom is 0.224 e. The lowest BCUT2D eigenvalue weighted by atomic mass is 10.0. The highest BCUT2D eigenvalue weighted by molar-refractivity contribution is 5.93. The molecule has 0 saturated carbocycles. The van der Waals surface area contributed by atoms with E-state index in [0.29, 0.717) is 6.42 Å². The van der Waals surface area contributed by atoms with Crippen molar-refractivity contribution < 1.29 is 4.79 Å². The molecule has 1 aromatic rings. The Morgan fingerprint density at radius 3 is 3.00 bits per heavy atom. The Labute approximate surface area is 84.3 Å². The van der Waals surface area contributed by atoms with Gasteiger partial charge in [0.1, 0.15) is 0 Å². The number of nitrogens with one attached hydrogen (secondary N) is 1. The first-order valence-electron chi connectivity index (χ1n) is 5.22. The largest absolute Gasteiger partial charge is 0.326 e. The van der Waals surface area contributed by atoms with E-state index in [1.807, 2.05) is 0 Å². The monoisotopic (exact) mass is 189 g/mol. The first kappa shape index (κ1) is 9.25. The minimum Gasteiger partial charge on any atom is -0.326 e. The molecule has 1 amide bonds. The lowest BCUT2D eigenvalue weighted by molar-refractivity contribution is -0.116. The van der Waals surface area contributed by atoms with Crippen molar-refractivity contribution in [2.24, 2.45) is 0 Å². The van der Waals surface area contributed by atoms with Crippen molar-refractivity contribution in [2.75, 3.05) is 5.32 Å². The van der Waals surface area contributed by atoms with Crippen molar-refractivity contribution in [1.82, 2.24) is 0 Å². The number of benzene rings is 1. The first-order valence-corrected chi connectivity index (χ1v) is 5.22. The molecule has 0 aromatic heterocycles. The summed E-state index contributed by atoms with van der Waals surface area (Å²) in [5, 5.41) is 3.00. The molecule has 0 unspecified atom stereocenters. The predicted molar refractivity (Wildman–Crippen MR) is 57.4 cm³/mol. The lowest BCUT2D eigenvalue weighted by Crippen LogP contribution is -2.10. The van der Waals surface area contributed by atoms with Gasteiger partial charge in [0.25, 0.3) is 0 Å². The highest BCUT2D eigenvalue weighted by Crippen LogP contribution is 2.26. The second-order valence-corrected chi connectivity index (χ2v) is 3.71. The van der Waals surface area contributed by atoms with Gasteiger partial charge in [-0.15, -0.1) is 0 Å². The van der Waals surface area contributed by atoms with Gasteiger partial charge in [-0.3, -0.25) is 4.79 Å². The molecule has 0 aliphatic carbocycles. The number of amides is 1. The number of carbonyl (C=O) groups excluding carboxylic acids is 1. The molecule has 0 radical (unpaired) electrons. The maximum absolute atomic E-state index is 11.4. The van der Waals surface area contributed by atoms with E-state index in [9.17, 15) is 4.79 Å². The number of aryl methyl sites for hydroxylation is 2. The Bertz CT molecular complexity index is 357. The van der Waals surface area contributed by atoms with Crippen LogP contribution in [0.4, 0.5) is 5.69 Å². The van der Waals surface area contributed by atoms with Gasteiger partial charge in [0.2, 0.25) is 5.91 Å². The third-order valence-electron chi connectivity index (χ3n) is 2.73. The van der Waals surface area contributed by atoms with Gasteiger partial charge in [0.15, 0.2) is 0 Å². The number of hydrogen-bond donors (Lipinski definition) is 1. The smallest absolute Gasteiger partial charge is 0.224 e. The van der Waals surface area contributed by atoms with Crippen LogP contribution in [-0.2, 0) is 17.6 Å². The average molecular weight is 189 g/mol. The van der Waals surface area contributed by atoms with Gasteiger partial charge in [-0.2, -0.15) is 0 Å². The van der Waals surface area contributed by atoms with Crippen LogP contribution in [0.25, 0.3) is 0 Å². The van der Waals surface area contributed by atoms with E-state index in [1.54, 1.807) is 0 Å². The fraction of sp³-hybridized carbons (Fsp3) is 0.417. The van der Waals surface area contributed by atoms with Crippen LogP contribution in [0, 0.1) is 0 Å². The average Bonchev–Trinajstić information content (AvgIpc) is 2.38. The quantitative estimate of drug-likeness (QED) is 0.722. The van der Waals surface area contributed by atoms with Gasteiger partial charge in [-0.05, 0) is 30.4 Å².